The number of urea groups is 1. The van der Waals surface area contributed by atoms with Gasteiger partial charge >= 0.3 is 6.03 Å². The normalized spacial score (nSPS) is 14.0. The SMILES string of the molecule is Cl.O=C(Nc1ccccc1Sc1ccccc1)N1CCNCC1. The Bertz CT molecular complexity index is 633. The van der Waals surface area contributed by atoms with Gasteiger partial charge in [-0.1, -0.05) is 42.1 Å². The highest BCUT2D eigenvalue weighted by Crippen LogP contribution is 2.33. The lowest BCUT2D eigenvalue weighted by atomic mass is 10.3. The Morgan fingerprint density at radius 2 is 1.65 bits per heavy atom. The lowest BCUT2D eigenvalue weighted by molar-refractivity contribution is 0.204. The fourth-order valence-corrected chi connectivity index (χ4v) is 3.26. The monoisotopic (exact) mass is 349 g/mol. The van der Waals surface area contributed by atoms with Gasteiger partial charge in [0, 0.05) is 36.0 Å². The summed E-state index contributed by atoms with van der Waals surface area (Å²) in [7, 11) is 0. The van der Waals surface area contributed by atoms with Gasteiger partial charge in [-0.3, -0.25) is 0 Å². The van der Waals surface area contributed by atoms with Gasteiger partial charge in [-0.25, -0.2) is 4.79 Å². The first-order valence-corrected chi connectivity index (χ1v) is 8.23. The molecule has 0 atom stereocenters. The van der Waals surface area contributed by atoms with Gasteiger partial charge in [0.25, 0.3) is 0 Å². The van der Waals surface area contributed by atoms with Crippen molar-refractivity contribution in [1.29, 1.82) is 0 Å². The Balaban J connectivity index is 0.00000192. The lowest BCUT2D eigenvalue weighted by Crippen LogP contribution is -2.48. The fourth-order valence-electron chi connectivity index (χ4n) is 2.34. The number of carbonyl (C=O) groups is 1. The summed E-state index contributed by atoms with van der Waals surface area (Å²) < 4.78 is 0. The summed E-state index contributed by atoms with van der Waals surface area (Å²) in [6, 6.07) is 18.1. The molecule has 1 saturated heterocycles. The van der Waals surface area contributed by atoms with E-state index in [4.69, 9.17) is 0 Å². The van der Waals surface area contributed by atoms with E-state index in [9.17, 15) is 4.79 Å². The summed E-state index contributed by atoms with van der Waals surface area (Å²) in [6.45, 7) is 3.21. The summed E-state index contributed by atoms with van der Waals surface area (Å²) in [5.74, 6) is 0. The predicted octanol–water partition coefficient (Wildman–Crippen LogP) is 3.70. The molecule has 0 aliphatic carbocycles. The van der Waals surface area contributed by atoms with Crippen LogP contribution >= 0.6 is 24.2 Å². The molecule has 2 aromatic rings. The topological polar surface area (TPSA) is 44.4 Å². The number of para-hydroxylation sites is 1. The summed E-state index contributed by atoms with van der Waals surface area (Å²) >= 11 is 1.66. The minimum absolute atomic E-state index is 0. The third kappa shape index (κ3) is 4.89. The third-order valence-electron chi connectivity index (χ3n) is 3.50. The molecule has 0 unspecified atom stereocenters. The van der Waals surface area contributed by atoms with E-state index in [1.807, 2.05) is 47.4 Å². The number of nitrogens with one attached hydrogen (secondary N) is 2. The number of anilines is 1. The van der Waals surface area contributed by atoms with E-state index in [0.29, 0.717) is 0 Å². The second kappa shape index (κ2) is 8.82. The van der Waals surface area contributed by atoms with Crippen LogP contribution in [-0.2, 0) is 0 Å². The number of hydrogen-bond donors (Lipinski definition) is 2. The number of piperazine rings is 1. The van der Waals surface area contributed by atoms with Gasteiger partial charge in [-0.05, 0) is 24.3 Å². The third-order valence-corrected chi connectivity index (χ3v) is 4.59. The van der Waals surface area contributed by atoms with Gasteiger partial charge in [-0.2, -0.15) is 0 Å². The second-order valence-electron chi connectivity index (χ2n) is 5.08. The van der Waals surface area contributed by atoms with Crippen molar-refractivity contribution in [3.8, 4) is 0 Å². The number of halogens is 1. The average Bonchev–Trinajstić information content (AvgIpc) is 2.58. The Labute approximate surface area is 147 Å². The first-order chi connectivity index (χ1) is 10.8. The van der Waals surface area contributed by atoms with Gasteiger partial charge in [0.15, 0.2) is 0 Å². The van der Waals surface area contributed by atoms with E-state index in [0.717, 1.165) is 41.7 Å². The van der Waals surface area contributed by atoms with Crippen molar-refractivity contribution < 1.29 is 4.79 Å². The van der Waals surface area contributed by atoms with Crippen LogP contribution in [0.1, 0.15) is 0 Å². The summed E-state index contributed by atoms with van der Waals surface area (Å²) in [4.78, 5) is 16.4. The lowest BCUT2D eigenvalue weighted by Gasteiger charge is -2.27. The van der Waals surface area contributed by atoms with E-state index in [1.165, 1.54) is 0 Å². The van der Waals surface area contributed by atoms with E-state index in [-0.39, 0.29) is 18.4 Å². The molecule has 1 aliphatic heterocycles. The summed E-state index contributed by atoms with van der Waals surface area (Å²) in [6.07, 6.45) is 0. The molecule has 0 saturated carbocycles. The molecule has 2 N–H and O–H groups in total. The molecular weight excluding hydrogens is 330 g/mol. The Hall–Kier alpha value is -1.69. The van der Waals surface area contributed by atoms with Crippen LogP contribution in [0.15, 0.2) is 64.4 Å². The number of benzene rings is 2. The minimum atomic E-state index is -0.0254. The highest BCUT2D eigenvalue weighted by molar-refractivity contribution is 7.99. The first kappa shape index (κ1) is 17.7. The second-order valence-corrected chi connectivity index (χ2v) is 6.19. The van der Waals surface area contributed by atoms with Crippen molar-refractivity contribution in [1.82, 2.24) is 10.2 Å². The van der Waals surface area contributed by atoms with Crippen molar-refractivity contribution in [2.24, 2.45) is 0 Å². The highest BCUT2D eigenvalue weighted by Gasteiger charge is 2.17. The molecule has 1 fully saturated rings. The smallest absolute Gasteiger partial charge is 0.321 e. The van der Waals surface area contributed by atoms with Crippen molar-refractivity contribution in [3.05, 3.63) is 54.6 Å². The van der Waals surface area contributed by atoms with E-state index in [2.05, 4.69) is 22.8 Å². The number of amides is 2. The van der Waals surface area contributed by atoms with Gasteiger partial charge in [0.1, 0.15) is 0 Å². The maximum Gasteiger partial charge on any atom is 0.321 e. The molecule has 122 valence electrons. The molecule has 0 radical (unpaired) electrons. The van der Waals surface area contributed by atoms with Crippen LogP contribution in [0, 0.1) is 0 Å². The molecule has 3 rings (SSSR count). The van der Waals surface area contributed by atoms with Crippen molar-refractivity contribution in [3.63, 3.8) is 0 Å². The number of nitrogens with zero attached hydrogens (tertiary/aromatic N) is 1. The van der Waals surface area contributed by atoms with Crippen LogP contribution in [0.2, 0.25) is 0 Å². The maximum absolute atomic E-state index is 12.3. The van der Waals surface area contributed by atoms with Crippen LogP contribution in [0.5, 0.6) is 0 Å². The van der Waals surface area contributed by atoms with Gasteiger partial charge < -0.3 is 15.5 Å². The maximum atomic E-state index is 12.3. The molecule has 1 aliphatic rings. The first-order valence-electron chi connectivity index (χ1n) is 7.41. The molecule has 4 nitrogen and oxygen atoms in total. The molecule has 2 aromatic carbocycles. The van der Waals surface area contributed by atoms with Crippen molar-refractivity contribution >= 4 is 35.9 Å². The van der Waals surface area contributed by atoms with Crippen LogP contribution in [0.3, 0.4) is 0 Å². The van der Waals surface area contributed by atoms with Crippen LogP contribution < -0.4 is 10.6 Å². The zero-order chi connectivity index (χ0) is 15.2. The zero-order valence-corrected chi connectivity index (χ0v) is 14.3. The number of hydrogen-bond acceptors (Lipinski definition) is 3. The average molecular weight is 350 g/mol. The summed E-state index contributed by atoms with van der Waals surface area (Å²) in [5, 5.41) is 6.29. The Morgan fingerprint density at radius 1 is 1.00 bits per heavy atom. The molecule has 1 heterocycles. The molecule has 0 spiro atoms. The quantitative estimate of drug-likeness (QED) is 0.888. The highest BCUT2D eigenvalue weighted by atomic mass is 35.5. The van der Waals surface area contributed by atoms with Gasteiger partial charge in [0.05, 0.1) is 5.69 Å². The van der Waals surface area contributed by atoms with E-state index in [1.54, 1.807) is 11.8 Å². The van der Waals surface area contributed by atoms with Crippen LogP contribution in [-0.4, -0.2) is 37.1 Å². The number of carbonyl (C=O) groups excluding carboxylic acids is 1. The van der Waals surface area contributed by atoms with Crippen molar-refractivity contribution in [2.75, 3.05) is 31.5 Å². The molecule has 0 bridgehead atoms. The van der Waals surface area contributed by atoms with Crippen LogP contribution in [0.25, 0.3) is 0 Å². The summed E-state index contributed by atoms with van der Waals surface area (Å²) in [5.41, 5.74) is 0.861. The van der Waals surface area contributed by atoms with Gasteiger partial charge in [0.2, 0.25) is 0 Å². The standard InChI is InChI=1S/C17H19N3OS.ClH/c21-17(20-12-10-18-11-13-20)19-15-8-4-5-9-16(15)22-14-6-2-1-3-7-14;/h1-9,18H,10-13H2,(H,19,21);1H. The Kier molecular flexibility index (Phi) is 6.77. The Morgan fingerprint density at radius 3 is 2.39 bits per heavy atom. The largest absolute Gasteiger partial charge is 0.322 e. The molecule has 6 heteroatoms. The zero-order valence-electron chi connectivity index (χ0n) is 12.7. The fraction of sp³-hybridized carbons (Fsp3) is 0.235. The van der Waals surface area contributed by atoms with E-state index < -0.39 is 0 Å². The van der Waals surface area contributed by atoms with Gasteiger partial charge in [-0.15, -0.1) is 12.4 Å². The van der Waals surface area contributed by atoms with Crippen LogP contribution in [0.4, 0.5) is 10.5 Å². The molecule has 23 heavy (non-hydrogen) atoms. The minimum Gasteiger partial charge on any atom is -0.322 e. The molecular formula is C17H20ClN3OS. The predicted molar refractivity (Wildman–Crippen MR) is 97.7 cm³/mol. The number of rotatable bonds is 3. The molecule has 2 amide bonds. The van der Waals surface area contributed by atoms with E-state index >= 15 is 0 Å². The van der Waals surface area contributed by atoms with Crippen molar-refractivity contribution in [2.45, 2.75) is 9.79 Å². The molecule has 0 aromatic heterocycles.